The zero-order valence-corrected chi connectivity index (χ0v) is 14.6. The van der Waals surface area contributed by atoms with Crippen LogP contribution in [0.25, 0.3) is 10.4 Å². The molecule has 0 aliphatic carbocycles. The highest BCUT2D eigenvalue weighted by Crippen LogP contribution is 2.39. The second-order valence-corrected chi connectivity index (χ2v) is 7.52. The van der Waals surface area contributed by atoms with Gasteiger partial charge in [0.25, 0.3) is 5.91 Å². The van der Waals surface area contributed by atoms with Crippen LogP contribution in [0.2, 0.25) is 0 Å². The Hall–Kier alpha value is -1.85. The van der Waals surface area contributed by atoms with Gasteiger partial charge in [-0.2, -0.15) is 0 Å². The lowest BCUT2D eigenvalue weighted by Crippen LogP contribution is -2.42. The minimum Gasteiger partial charge on any atom is -0.495 e. The summed E-state index contributed by atoms with van der Waals surface area (Å²) in [6.45, 7) is 1.91. The van der Waals surface area contributed by atoms with Gasteiger partial charge in [0.15, 0.2) is 0 Å². The summed E-state index contributed by atoms with van der Waals surface area (Å²) in [5.41, 5.74) is 1.13. The standard InChI is InChI=1S/C19H22N2O2S/c1-23-16-11-17(13-5-3-2-4-6-13)24-18(16)19(22)21-14-7-8-15(21)12-20-10-9-14/h2-6,11,14-15,20H,7-10,12H2,1H3. The number of thiophene rings is 1. The summed E-state index contributed by atoms with van der Waals surface area (Å²) in [4.78, 5) is 17.2. The van der Waals surface area contributed by atoms with Crippen molar-refractivity contribution < 1.29 is 9.53 Å². The van der Waals surface area contributed by atoms with Gasteiger partial charge in [-0.3, -0.25) is 4.79 Å². The number of hydrogen-bond acceptors (Lipinski definition) is 4. The number of ether oxygens (including phenoxy) is 1. The summed E-state index contributed by atoms with van der Waals surface area (Å²) in [6, 6.07) is 12.8. The third-order valence-corrected chi connectivity index (χ3v) is 6.21. The highest BCUT2D eigenvalue weighted by atomic mass is 32.1. The average molecular weight is 342 g/mol. The number of benzene rings is 1. The van der Waals surface area contributed by atoms with Gasteiger partial charge in [0.05, 0.1) is 7.11 Å². The van der Waals surface area contributed by atoms with Crippen molar-refractivity contribution in [2.75, 3.05) is 20.2 Å². The summed E-state index contributed by atoms with van der Waals surface area (Å²) in [5, 5.41) is 3.45. The van der Waals surface area contributed by atoms with Gasteiger partial charge in [-0.1, -0.05) is 30.3 Å². The number of amides is 1. The second-order valence-electron chi connectivity index (χ2n) is 6.46. The molecule has 2 atom stereocenters. The van der Waals surface area contributed by atoms with Crippen LogP contribution in [0.4, 0.5) is 0 Å². The first kappa shape index (κ1) is 15.7. The molecule has 0 saturated carbocycles. The monoisotopic (exact) mass is 342 g/mol. The minimum atomic E-state index is 0.134. The van der Waals surface area contributed by atoms with Crippen LogP contribution >= 0.6 is 11.3 Å². The van der Waals surface area contributed by atoms with Crippen molar-refractivity contribution in [2.45, 2.75) is 31.3 Å². The third kappa shape index (κ3) is 2.72. The summed E-state index contributed by atoms with van der Waals surface area (Å²) in [7, 11) is 1.65. The molecule has 2 unspecified atom stereocenters. The lowest BCUT2D eigenvalue weighted by molar-refractivity contribution is 0.0682. The zero-order chi connectivity index (χ0) is 16.5. The van der Waals surface area contributed by atoms with Crippen molar-refractivity contribution in [3.05, 3.63) is 41.3 Å². The fourth-order valence-corrected chi connectivity index (χ4v) is 4.93. The van der Waals surface area contributed by atoms with Gasteiger partial charge in [-0.15, -0.1) is 11.3 Å². The molecule has 2 aromatic rings. The maximum absolute atomic E-state index is 13.3. The van der Waals surface area contributed by atoms with E-state index in [1.165, 1.54) is 0 Å². The van der Waals surface area contributed by atoms with Crippen LogP contribution in [-0.2, 0) is 0 Å². The largest absolute Gasteiger partial charge is 0.495 e. The van der Waals surface area contributed by atoms with Gasteiger partial charge < -0.3 is 15.0 Å². The average Bonchev–Trinajstić information content (AvgIpc) is 3.15. The molecule has 126 valence electrons. The van der Waals surface area contributed by atoms with Crippen molar-refractivity contribution in [3.63, 3.8) is 0 Å². The lowest BCUT2D eigenvalue weighted by Gasteiger charge is -2.27. The summed E-state index contributed by atoms with van der Waals surface area (Å²) >= 11 is 1.54. The van der Waals surface area contributed by atoms with Crippen LogP contribution in [0.15, 0.2) is 36.4 Å². The maximum Gasteiger partial charge on any atom is 0.268 e. The normalized spacial score (nSPS) is 23.1. The third-order valence-electron chi connectivity index (χ3n) is 5.06. The van der Waals surface area contributed by atoms with E-state index in [0.29, 0.717) is 17.8 Å². The van der Waals surface area contributed by atoms with E-state index in [1.807, 2.05) is 24.3 Å². The molecule has 1 aromatic carbocycles. The van der Waals surface area contributed by atoms with Gasteiger partial charge in [0.1, 0.15) is 10.6 Å². The molecule has 2 aliphatic heterocycles. The van der Waals surface area contributed by atoms with Crippen molar-refractivity contribution in [3.8, 4) is 16.2 Å². The molecule has 2 fully saturated rings. The molecule has 5 heteroatoms. The molecular formula is C19H22N2O2S. The first-order chi connectivity index (χ1) is 11.8. The molecule has 2 aliphatic rings. The van der Waals surface area contributed by atoms with Gasteiger partial charge in [-0.25, -0.2) is 0 Å². The molecule has 2 saturated heterocycles. The Kier molecular flexibility index (Phi) is 4.29. The van der Waals surface area contributed by atoms with Crippen LogP contribution < -0.4 is 10.1 Å². The Bertz CT molecular complexity index is 714. The first-order valence-electron chi connectivity index (χ1n) is 8.54. The highest BCUT2D eigenvalue weighted by molar-refractivity contribution is 7.17. The maximum atomic E-state index is 13.3. The van der Waals surface area contributed by atoms with Gasteiger partial charge in [-0.05, 0) is 37.4 Å². The molecule has 1 N–H and O–H groups in total. The van der Waals surface area contributed by atoms with Crippen molar-refractivity contribution in [2.24, 2.45) is 0 Å². The second kappa shape index (κ2) is 6.57. The number of carbonyl (C=O) groups excluding carboxylic acids is 1. The van der Waals surface area contributed by atoms with Crippen molar-refractivity contribution >= 4 is 17.2 Å². The van der Waals surface area contributed by atoms with E-state index in [2.05, 4.69) is 22.3 Å². The summed E-state index contributed by atoms with van der Waals surface area (Å²) in [6.07, 6.45) is 3.27. The number of hydrogen-bond donors (Lipinski definition) is 1. The number of nitrogens with zero attached hydrogens (tertiary/aromatic N) is 1. The molecule has 24 heavy (non-hydrogen) atoms. The lowest BCUT2D eigenvalue weighted by atomic mass is 10.1. The van der Waals surface area contributed by atoms with E-state index >= 15 is 0 Å². The molecule has 3 heterocycles. The predicted octanol–water partition coefficient (Wildman–Crippen LogP) is 3.39. The Morgan fingerprint density at radius 1 is 1.21 bits per heavy atom. The Balaban J connectivity index is 1.68. The number of rotatable bonds is 3. The fraction of sp³-hybridized carbons (Fsp3) is 0.421. The predicted molar refractivity (Wildman–Crippen MR) is 96.8 cm³/mol. The van der Waals surface area contributed by atoms with Gasteiger partial charge >= 0.3 is 0 Å². The number of fused-ring (bicyclic) bond motifs is 2. The highest BCUT2D eigenvalue weighted by Gasteiger charge is 2.39. The van der Waals surface area contributed by atoms with Crippen LogP contribution in [0, 0.1) is 0 Å². The van der Waals surface area contributed by atoms with Crippen LogP contribution in [0.5, 0.6) is 5.75 Å². The van der Waals surface area contributed by atoms with E-state index in [1.54, 1.807) is 18.4 Å². The van der Waals surface area contributed by atoms with E-state index in [-0.39, 0.29) is 5.91 Å². The Morgan fingerprint density at radius 2 is 2.00 bits per heavy atom. The Morgan fingerprint density at radius 3 is 2.79 bits per heavy atom. The van der Waals surface area contributed by atoms with E-state index in [9.17, 15) is 4.79 Å². The van der Waals surface area contributed by atoms with E-state index < -0.39 is 0 Å². The van der Waals surface area contributed by atoms with Gasteiger partial charge in [0.2, 0.25) is 0 Å². The van der Waals surface area contributed by atoms with Crippen LogP contribution in [0.3, 0.4) is 0 Å². The number of methoxy groups -OCH3 is 1. The van der Waals surface area contributed by atoms with Crippen LogP contribution in [-0.4, -0.2) is 43.1 Å². The molecule has 0 radical (unpaired) electrons. The Labute approximate surface area is 146 Å². The molecule has 1 amide bonds. The molecule has 0 spiro atoms. The number of carbonyl (C=O) groups is 1. The summed E-state index contributed by atoms with van der Waals surface area (Å²) < 4.78 is 5.53. The molecule has 4 rings (SSSR count). The molecule has 1 aromatic heterocycles. The smallest absolute Gasteiger partial charge is 0.268 e. The molecule has 4 nitrogen and oxygen atoms in total. The van der Waals surface area contributed by atoms with Gasteiger partial charge in [0, 0.05) is 23.5 Å². The topological polar surface area (TPSA) is 41.6 Å². The van der Waals surface area contributed by atoms with E-state index in [0.717, 1.165) is 47.7 Å². The van der Waals surface area contributed by atoms with E-state index in [4.69, 9.17) is 4.74 Å². The first-order valence-corrected chi connectivity index (χ1v) is 9.36. The molecular weight excluding hydrogens is 320 g/mol. The number of nitrogens with one attached hydrogen (secondary N) is 1. The fourth-order valence-electron chi connectivity index (χ4n) is 3.85. The van der Waals surface area contributed by atoms with Crippen LogP contribution in [0.1, 0.15) is 28.9 Å². The van der Waals surface area contributed by atoms with Crippen molar-refractivity contribution in [1.82, 2.24) is 10.2 Å². The SMILES string of the molecule is COc1cc(-c2ccccc2)sc1C(=O)N1C2CCNCC1CC2. The zero-order valence-electron chi connectivity index (χ0n) is 13.8. The quantitative estimate of drug-likeness (QED) is 0.930. The molecule has 2 bridgehead atoms. The summed E-state index contributed by atoms with van der Waals surface area (Å²) in [5.74, 6) is 0.829. The van der Waals surface area contributed by atoms with Crippen molar-refractivity contribution in [1.29, 1.82) is 0 Å². The minimum absolute atomic E-state index is 0.134.